The van der Waals surface area contributed by atoms with E-state index >= 15 is 0 Å². The number of carbonyl (C=O) groups excluding carboxylic acids is 1. The molecule has 4 heteroatoms. The van der Waals surface area contributed by atoms with E-state index in [1.165, 1.54) is 13.8 Å². The van der Waals surface area contributed by atoms with Crippen LogP contribution in [0.1, 0.15) is 13.8 Å². The summed E-state index contributed by atoms with van der Waals surface area (Å²) in [5.41, 5.74) is -1.47. The number of halogens is 2. The molecule has 0 aromatic carbocycles. The predicted octanol–water partition coefficient (Wildman–Crippen LogP) is 3.28. The molecule has 0 aliphatic rings. The lowest BCUT2D eigenvalue weighted by Crippen LogP contribution is -2.53. The van der Waals surface area contributed by atoms with Gasteiger partial charge in [-0.2, -0.15) is 8.78 Å². The van der Waals surface area contributed by atoms with Crippen LogP contribution in [0.25, 0.3) is 0 Å². The number of rotatable bonds is 4. The van der Waals surface area contributed by atoms with E-state index in [0.717, 1.165) is 6.08 Å². The van der Waals surface area contributed by atoms with Crippen LogP contribution in [-0.2, 0) is 4.79 Å². The van der Waals surface area contributed by atoms with Crippen LogP contribution in [0.3, 0.4) is 0 Å². The molecule has 82 valence electrons. The summed E-state index contributed by atoms with van der Waals surface area (Å²) in [7, 11) is -2.46. The van der Waals surface area contributed by atoms with Gasteiger partial charge in [0.15, 0.2) is 5.41 Å². The number of hydrogen-bond acceptors (Lipinski definition) is 1. The Hall–Kier alpha value is -0.513. The first kappa shape index (κ1) is 13.5. The molecule has 0 unspecified atom stereocenters. The number of carbonyl (C=O) groups is 1. The zero-order valence-electron chi connectivity index (χ0n) is 9.45. The summed E-state index contributed by atoms with van der Waals surface area (Å²) in [5.74, 6) is -3.31. The standard InChI is InChI=1S/C10H18F2OSi/c1-7-9(2,3)10(11,12)8(13)14(4,5)6/h7H,1H2,2-6H3. The molecule has 0 rings (SSSR count). The lowest BCUT2D eigenvalue weighted by Gasteiger charge is -2.33. The van der Waals surface area contributed by atoms with Crippen molar-refractivity contribution in [3.63, 3.8) is 0 Å². The van der Waals surface area contributed by atoms with Gasteiger partial charge in [-0.15, -0.1) is 6.58 Å². The van der Waals surface area contributed by atoms with Crippen LogP contribution in [0.5, 0.6) is 0 Å². The lowest BCUT2D eigenvalue weighted by atomic mass is 9.86. The molecule has 0 bridgehead atoms. The largest absolute Gasteiger partial charge is 0.308 e. The molecule has 0 atom stereocenters. The monoisotopic (exact) mass is 220 g/mol. The van der Waals surface area contributed by atoms with Crippen molar-refractivity contribution >= 4 is 13.5 Å². The molecule has 0 aliphatic heterocycles. The maximum Gasteiger partial charge on any atom is 0.308 e. The summed E-state index contributed by atoms with van der Waals surface area (Å²) in [6.45, 7) is 10.9. The summed E-state index contributed by atoms with van der Waals surface area (Å²) in [6, 6.07) is 0. The minimum absolute atomic E-state index is 0.908. The maximum absolute atomic E-state index is 13.7. The third kappa shape index (κ3) is 2.29. The molecular formula is C10H18F2OSi. The highest BCUT2D eigenvalue weighted by atomic mass is 28.3. The van der Waals surface area contributed by atoms with Crippen LogP contribution in [-0.4, -0.2) is 19.4 Å². The molecule has 0 aromatic rings. The molecule has 0 amide bonds. The van der Waals surface area contributed by atoms with E-state index in [9.17, 15) is 13.6 Å². The highest BCUT2D eigenvalue weighted by Crippen LogP contribution is 2.39. The normalized spacial score (nSPS) is 13.9. The van der Waals surface area contributed by atoms with Gasteiger partial charge in [-0.3, -0.25) is 4.79 Å². The predicted molar refractivity (Wildman–Crippen MR) is 57.3 cm³/mol. The molecule has 0 heterocycles. The quantitative estimate of drug-likeness (QED) is 0.525. The van der Waals surface area contributed by atoms with Gasteiger partial charge in [0, 0.05) is 0 Å². The second-order valence-corrected chi connectivity index (χ2v) is 10.0. The summed E-state index contributed by atoms with van der Waals surface area (Å²) < 4.78 is 27.4. The average Bonchev–Trinajstić information content (AvgIpc) is 2.01. The van der Waals surface area contributed by atoms with Crippen molar-refractivity contribution in [1.29, 1.82) is 0 Å². The van der Waals surface area contributed by atoms with E-state index in [1.807, 2.05) is 0 Å². The molecule has 0 N–H and O–H groups in total. The van der Waals surface area contributed by atoms with Gasteiger partial charge in [0.1, 0.15) is 8.07 Å². The minimum Gasteiger partial charge on any atom is -0.299 e. The second-order valence-electron chi connectivity index (χ2n) is 5.08. The first-order chi connectivity index (χ1) is 5.97. The van der Waals surface area contributed by atoms with E-state index in [1.54, 1.807) is 19.6 Å². The Balaban J connectivity index is 5.17. The SMILES string of the molecule is C=CC(C)(C)C(F)(F)C(=O)[Si](C)(C)C. The Morgan fingerprint density at radius 1 is 1.29 bits per heavy atom. The fourth-order valence-corrected chi connectivity index (χ4v) is 2.16. The number of allylic oxidation sites excluding steroid dienone is 1. The molecule has 0 saturated carbocycles. The lowest BCUT2D eigenvalue weighted by molar-refractivity contribution is -0.148. The summed E-state index contributed by atoms with van der Waals surface area (Å²) in [6.07, 6.45) is 1.14. The van der Waals surface area contributed by atoms with Gasteiger partial charge in [0.2, 0.25) is 0 Å². The van der Waals surface area contributed by atoms with Crippen LogP contribution >= 0.6 is 0 Å². The van der Waals surface area contributed by atoms with Crippen LogP contribution in [0.4, 0.5) is 8.78 Å². The molecule has 14 heavy (non-hydrogen) atoms. The number of hydrogen-bond donors (Lipinski definition) is 0. The minimum atomic E-state index is -3.31. The van der Waals surface area contributed by atoms with Crippen molar-refractivity contribution in [1.82, 2.24) is 0 Å². The zero-order valence-corrected chi connectivity index (χ0v) is 10.4. The molecule has 0 saturated heterocycles. The summed E-state index contributed by atoms with van der Waals surface area (Å²) in [5, 5.41) is -0.908. The zero-order chi connectivity index (χ0) is 11.8. The Bertz CT molecular complexity index is 251. The Kier molecular flexibility index (Phi) is 3.44. The molecule has 0 spiro atoms. The smallest absolute Gasteiger partial charge is 0.299 e. The van der Waals surface area contributed by atoms with Gasteiger partial charge in [-0.1, -0.05) is 39.6 Å². The summed E-state index contributed by atoms with van der Waals surface area (Å²) in [4.78, 5) is 11.6. The van der Waals surface area contributed by atoms with E-state index in [0.29, 0.717) is 0 Å². The van der Waals surface area contributed by atoms with Crippen molar-refractivity contribution in [2.24, 2.45) is 5.41 Å². The van der Waals surface area contributed by atoms with Crippen LogP contribution in [0.15, 0.2) is 12.7 Å². The Morgan fingerprint density at radius 2 is 1.64 bits per heavy atom. The van der Waals surface area contributed by atoms with Gasteiger partial charge in [-0.05, 0) is 0 Å². The summed E-state index contributed by atoms with van der Waals surface area (Å²) >= 11 is 0. The first-order valence-corrected chi connectivity index (χ1v) is 8.03. The van der Waals surface area contributed by atoms with Crippen LogP contribution < -0.4 is 0 Å². The molecule has 0 radical (unpaired) electrons. The van der Waals surface area contributed by atoms with E-state index in [4.69, 9.17) is 0 Å². The van der Waals surface area contributed by atoms with Crippen molar-refractivity contribution in [2.45, 2.75) is 39.4 Å². The van der Waals surface area contributed by atoms with Crippen LogP contribution in [0.2, 0.25) is 19.6 Å². The molecule has 0 aliphatic carbocycles. The van der Waals surface area contributed by atoms with Crippen molar-refractivity contribution in [3.05, 3.63) is 12.7 Å². The maximum atomic E-state index is 13.7. The third-order valence-electron chi connectivity index (χ3n) is 2.29. The van der Waals surface area contributed by atoms with Gasteiger partial charge >= 0.3 is 5.92 Å². The molecule has 1 nitrogen and oxygen atoms in total. The first-order valence-electron chi connectivity index (χ1n) is 4.53. The topological polar surface area (TPSA) is 17.1 Å². The Morgan fingerprint density at radius 3 is 1.86 bits per heavy atom. The van der Waals surface area contributed by atoms with E-state index < -0.39 is 24.8 Å². The van der Waals surface area contributed by atoms with Crippen molar-refractivity contribution in [2.75, 3.05) is 0 Å². The van der Waals surface area contributed by atoms with Crippen molar-refractivity contribution in [3.8, 4) is 0 Å². The van der Waals surface area contributed by atoms with Gasteiger partial charge in [0.05, 0.1) is 5.41 Å². The molecule has 0 aromatic heterocycles. The second kappa shape index (κ2) is 3.57. The van der Waals surface area contributed by atoms with Gasteiger partial charge < -0.3 is 0 Å². The molecule has 0 fully saturated rings. The van der Waals surface area contributed by atoms with Crippen molar-refractivity contribution < 1.29 is 13.6 Å². The Labute approximate surface area is 85.2 Å². The van der Waals surface area contributed by atoms with Gasteiger partial charge in [0.25, 0.3) is 0 Å². The number of alkyl halides is 2. The fraction of sp³-hybridized carbons (Fsp3) is 0.700. The third-order valence-corrected chi connectivity index (χ3v) is 3.96. The highest BCUT2D eigenvalue weighted by Gasteiger charge is 2.54. The average molecular weight is 220 g/mol. The van der Waals surface area contributed by atoms with Gasteiger partial charge in [-0.25, -0.2) is 0 Å². The fourth-order valence-electron chi connectivity index (χ4n) is 0.892. The molecular weight excluding hydrogens is 202 g/mol. The van der Waals surface area contributed by atoms with E-state index in [2.05, 4.69) is 6.58 Å². The highest BCUT2D eigenvalue weighted by molar-refractivity contribution is 7.04. The van der Waals surface area contributed by atoms with E-state index in [-0.39, 0.29) is 0 Å². The van der Waals surface area contributed by atoms with Crippen LogP contribution in [0, 0.1) is 5.41 Å².